The van der Waals surface area contributed by atoms with E-state index in [1.54, 1.807) is 24.3 Å². The van der Waals surface area contributed by atoms with Crippen molar-refractivity contribution in [2.24, 2.45) is 0 Å². The molecule has 130 valence electrons. The van der Waals surface area contributed by atoms with E-state index < -0.39 is 5.91 Å². The van der Waals surface area contributed by atoms with Crippen LogP contribution >= 0.6 is 24.0 Å². The summed E-state index contributed by atoms with van der Waals surface area (Å²) in [7, 11) is 0. The number of amides is 1. The average molecular weight is 379 g/mol. The van der Waals surface area contributed by atoms with E-state index in [1.807, 2.05) is 12.1 Å². The normalized spacial score (nSPS) is 16.4. The van der Waals surface area contributed by atoms with E-state index in [0.717, 1.165) is 18.7 Å². The van der Waals surface area contributed by atoms with E-state index in [4.69, 9.17) is 21.6 Å². The lowest BCUT2D eigenvalue weighted by molar-refractivity contribution is 0.0277. The SMILES string of the molecule is Cl.N#Cc1cccc(C(=O)Nc2ccc([C@H]3CNCCO3)cc2Cl)n1. The summed E-state index contributed by atoms with van der Waals surface area (Å²) in [6.45, 7) is 2.22. The number of nitrogens with zero attached hydrogens (tertiary/aromatic N) is 2. The van der Waals surface area contributed by atoms with E-state index in [9.17, 15) is 4.79 Å². The first-order valence-corrected chi connectivity index (χ1v) is 7.85. The molecule has 8 heteroatoms. The Morgan fingerprint density at radius 3 is 2.92 bits per heavy atom. The first-order chi connectivity index (χ1) is 11.7. The zero-order chi connectivity index (χ0) is 16.9. The number of hydrogen-bond acceptors (Lipinski definition) is 5. The van der Waals surface area contributed by atoms with Crippen LogP contribution < -0.4 is 10.6 Å². The fourth-order valence-corrected chi connectivity index (χ4v) is 2.66. The summed E-state index contributed by atoms with van der Waals surface area (Å²) in [5.41, 5.74) is 1.79. The van der Waals surface area contributed by atoms with E-state index in [0.29, 0.717) is 17.3 Å². The summed E-state index contributed by atoms with van der Waals surface area (Å²) in [6, 6.07) is 12.0. The molecule has 2 N–H and O–H groups in total. The standard InChI is InChI=1S/C17H15ClN4O2.ClH/c18-13-8-11(16-10-20-6-7-24-16)4-5-14(13)22-17(23)15-3-1-2-12(9-19)21-15;/h1-5,8,16,20H,6-7,10H2,(H,22,23);1H/t16-;/m1./s1. The minimum Gasteiger partial charge on any atom is -0.371 e. The molecular weight excluding hydrogens is 363 g/mol. The van der Waals surface area contributed by atoms with Gasteiger partial charge < -0.3 is 15.4 Å². The Morgan fingerprint density at radius 2 is 2.24 bits per heavy atom. The molecule has 2 heterocycles. The lowest BCUT2D eigenvalue weighted by atomic mass is 10.1. The molecular formula is C17H16Cl2N4O2. The molecule has 1 amide bonds. The molecule has 2 aromatic rings. The van der Waals surface area contributed by atoms with Gasteiger partial charge in [0.25, 0.3) is 5.91 Å². The minimum absolute atomic E-state index is 0. The maximum absolute atomic E-state index is 12.2. The number of carbonyl (C=O) groups is 1. The molecule has 1 saturated heterocycles. The van der Waals surface area contributed by atoms with Crippen LogP contribution in [-0.2, 0) is 4.74 Å². The average Bonchev–Trinajstić information content (AvgIpc) is 2.64. The Labute approximate surface area is 156 Å². The first-order valence-electron chi connectivity index (χ1n) is 7.47. The topological polar surface area (TPSA) is 87.0 Å². The second kappa shape index (κ2) is 8.79. The smallest absolute Gasteiger partial charge is 0.274 e. The van der Waals surface area contributed by atoms with E-state index >= 15 is 0 Å². The Kier molecular flexibility index (Phi) is 6.73. The summed E-state index contributed by atoms with van der Waals surface area (Å²) >= 11 is 6.28. The molecule has 1 aliphatic rings. The van der Waals surface area contributed by atoms with Gasteiger partial charge in [-0.3, -0.25) is 4.79 Å². The van der Waals surface area contributed by atoms with Gasteiger partial charge >= 0.3 is 0 Å². The molecule has 0 saturated carbocycles. The second-order valence-electron chi connectivity index (χ2n) is 5.28. The molecule has 3 rings (SSSR count). The number of rotatable bonds is 3. The molecule has 1 atom stereocenters. The maximum Gasteiger partial charge on any atom is 0.274 e. The van der Waals surface area contributed by atoms with E-state index in [1.165, 1.54) is 6.07 Å². The molecule has 6 nitrogen and oxygen atoms in total. The number of nitriles is 1. The maximum atomic E-state index is 12.2. The van der Waals surface area contributed by atoms with Crippen molar-refractivity contribution >= 4 is 35.6 Å². The van der Waals surface area contributed by atoms with Crippen LogP contribution in [0.25, 0.3) is 0 Å². The lowest BCUT2D eigenvalue weighted by Gasteiger charge is -2.24. The van der Waals surface area contributed by atoms with Crippen molar-refractivity contribution in [2.45, 2.75) is 6.10 Å². The van der Waals surface area contributed by atoms with Crippen LogP contribution in [0.5, 0.6) is 0 Å². The molecule has 0 bridgehead atoms. The van der Waals surface area contributed by atoms with Crippen molar-refractivity contribution in [3.63, 3.8) is 0 Å². The number of hydrogen-bond donors (Lipinski definition) is 2. The van der Waals surface area contributed by atoms with Crippen molar-refractivity contribution in [2.75, 3.05) is 25.0 Å². The Balaban J connectivity index is 0.00000225. The monoisotopic (exact) mass is 378 g/mol. The van der Waals surface area contributed by atoms with Crippen molar-refractivity contribution in [1.82, 2.24) is 10.3 Å². The van der Waals surface area contributed by atoms with Gasteiger partial charge in [0.2, 0.25) is 0 Å². The van der Waals surface area contributed by atoms with Gasteiger partial charge in [0.1, 0.15) is 17.5 Å². The van der Waals surface area contributed by atoms with Crippen LogP contribution in [0, 0.1) is 11.3 Å². The molecule has 0 spiro atoms. The van der Waals surface area contributed by atoms with Gasteiger partial charge in [-0.25, -0.2) is 4.98 Å². The highest BCUT2D eigenvalue weighted by Crippen LogP contribution is 2.28. The Hall–Kier alpha value is -2.17. The van der Waals surface area contributed by atoms with Gasteiger partial charge in [0.05, 0.1) is 23.4 Å². The minimum atomic E-state index is -0.419. The summed E-state index contributed by atoms with van der Waals surface area (Å²) < 4.78 is 5.69. The van der Waals surface area contributed by atoms with Gasteiger partial charge in [-0.15, -0.1) is 12.4 Å². The predicted octanol–water partition coefficient (Wildman–Crippen LogP) is 2.94. The quantitative estimate of drug-likeness (QED) is 0.856. The third-order valence-corrected chi connectivity index (χ3v) is 3.95. The van der Waals surface area contributed by atoms with Gasteiger partial charge in [0.15, 0.2) is 0 Å². The molecule has 25 heavy (non-hydrogen) atoms. The van der Waals surface area contributed by atoms with Crippen LogP contribution in [0.2, 0.25) is 5.02 Å². The Bertz CT molecular complexity index is 801. The summed E-state index contributed by atoms with van der Waals surface area (Å²) in [5, 5.41) is 15.2. The number of anilines is 1. The molecule has 1 aromatic carbocycles. The van der Waals surface area contributed by atoms with Crippen LogP contribution in [-0.4, -0.2) is 30.6 Å². The second-order valence-corrected chi connectivity index (χ2v) is 5.68. The third kappa shape index (κ3) is 4.68. The van der Waals surface area contributed by atoms with Crippen LogP contribution in [0.1, 0.15) is 27.8 Å². The highest BCUT2D eigenvalue weighted by atomic mass is 35.5. The molecule has 1 fully saturated rings. The van der Waals surface area contributed by atoms with Crippen molar-refractivity contribution in [1.29, 1.82) is 5.26 Å². The molecule has 0 radical (unpaired) electrons. The summed E-state index contributed by atoms with van der Waals surface area (Å²) in [5.74, 6) is -0.419. The van der Waals surface area contributed by atoms with Crippen molar-refractivity contribution in [3.05, 3.63) is 58.4 Å². The number of benzene rings is 1. The van der Waals surface area contributed by atoms with E-state index in [2.05, 4.69) is 15.6 Å². The fraction of sp³-hybridized carbons (Fsp3) is 0.235. The van der Waals surface area contributed by atoms with Gasteiger partial charge in [0, 0.05) is 13.1 Å². The van der Waals surface area contributed by atoms with Gasteiger partial charge in [-0.1, -0.05) is 23.7 Å². The number of halogens is 2. The number of morpholine rings is 1. The van der Waals surface area contributed by atoms with Gasteiger partial charge in [-0.05, 0) is 29.8 Å². The molecule has 1 aliphatic heterocycles. The number of aromatic nitrogens is 1. The molecule has 1 aromatic heterocycles. The number of nitrogens with one attached hydrogen (secondary N) is 2. The highest BCUT2D eigenvalue weighted by Gasteiger charge is 2.17. The van der Waals surface area contributed by atoms with Crippen LogP contribution in [0.15, 0.2) is 36.4 Å². The zero-order valence-corrected chi connectivity index (χ0v) is 14.7. The number of ether oxygens (including phenoxy) is 1. The third-order valence-electron chi connectivity index (χ3n) is 3.64. The van der Waals surface area contributed by atoms with Crippen LogP contribution in [0.4, 0.5) is 5.69 Å². The molecule has 0 unspecified atom stereocenters. The zero-order valence-electron chi connectivity index (χ0n) is 13.2. The van der Waals surface area contributed by atoms with Crippen LogP contribution in [0.3, 0.4) is 0 Å². The lowest BCUT2D eigenvalue weighted by Crippen LogP contribution is -2.33. The Morgan fingerprint density at radius 1 is 1.40 bits per heavy atom. The van der Waals surface area contributed by atoms with Crippen molar-refractivity contribution < 1.29 is 9.53 Å². The number of pyridine rings is 1. The van der Waals surface area contributed by atoms with E-state index in [-0.39, 0.29) is 29.9 Å². The van der Waals surface area contributed by atoms with Gasteiger partial charge in [-0.2, -0.15) is 5.26 Å². The fourth-order valence-electron chi connectivity index (χ4n) is 2.42. The summed E-state index contributed by atoms with van der Waals surface area (Å²) in [6.07, 6.45) is -0.0463. The number of carbonyl (C=O) groups excluding carboxylic acids is 1. The highest BCUT2D eigenvalue weighted by molar-refractivity contribution is 6.34. The first kappa shape index (κ1) is 19.2. The summed E-state index contributed by atoms with van der Waals surface area (Å²) in [4.78, 5) is 16.2. The van der Waals surface area contributed by atoms with Crippen molar-refractivity contribution in [3.8, 4) is 6.07 Å². The largest absolute Gasteiger partial charge is 0.371 e. The predicted molar refractivity (Wildman–Crippen MR) is 97.2 cm³/mol. The molecule has 0 aliphatic carbocycles.